The maximum Gasteiger partial charge on any atom is 0.152 e. The summed E-state index contributed by atoms with van der Waals surface area (Å²) in [5.41, 5.74) is 0.897. The van der Waals surface area contributed by atoms with E-state index in [1.165, 1.54) is 0 Å². The number of nitrogens with zero attached hydrogens (tertiary/aromatic N) is 3. The first-order valence-corrected chi connectivity index (χ1v) is 5.27. The minimum Gasteiger partial charge on any atom is -0.484 e. The van der Waals surface area contributed by atoms with Gasteiger partial charge < -0.3 is 4.74 Å². The first kappa shape index (κ1) is 10.2. The van der Waals surface area contributed by atoms with Crippen molar-refractivity contribution in [1.29, 1.82) is 0 Å². The Morgan fingerprint density at radius 2 is 2.33 bits per heavy atom. The molecule has 0 aliphatic rings. The first-order valence-electron chi connectivity index (χ1n) is 4.47. The highest BCUT2D eigenvalue weighted by Gasteiger charge is 2.02. The summed E-state index contributed by atoms with van der Waals surface area (Å²) in [7, 11) is 1.88. The molecule has 15 heavy (non-hydrogen) atoms. The van der Waals surface area contributed by atoms with Crippen molar-refractivity contribution in [2.75, 3.05) is 0 Å². The minimum absolute atomic E-state index is 0.450. The van der Waals surface area contributed by atoms with Crippen LogP contribution in [0.25, 0.3) is 0 Å². The Morgan fingerprint density at radius 3 is 3.00 bits per heavy atom. The van der Waals surface area contributed by atoms with Gasteiger partial charge in [-0.2, -0.15) is 5.10 Å². The van der Waals surface area contributed by atoms with Gasteiger partial charge in [0.2, 0.25) is 0 Å². The summed E-state index contributed by atoms with van der Waals surface area (Å²) in [6, 6.07) is 5.61. The fourth-order valence-electron chi connectivity index (χ4n) is 1.17. The molecule has 0 saturated heterocycles. The second-order valence-electron chi connectivity index (χ2n) is 3.06. The van der Waals surface area contributed by atoms with Crippen LogP contribution in [-0.2, 0) is 13.7 Å². The lowest BCUT2D eigenvalue weighted by atomic mass is 10.4. The van der Waals surface area contributed by atoms with Crippen molar-refractivity contribution in [3.05, 3.63) is 40.9 Å². The summed E-state index contributed by atoms with van der Waals surface area (Å²) in [6.07, 6.45) is 3.59. The van der Waals surface area contributed by atoms with Gasteiger partial charge in [-0.1, -0.05) is 0 Å². The van der Waals surface area contributed by atoms with Crippen LogP contribution >= 0.6 is 15.9 Å². The summed E-state index contributed by atoms with van der Waals surface area (Å²) in [5.74, 6) is 0.725. The number of hydrogen-bond donors (Lipinski definition) is 0. The number of ether oxygens (including phenoxy) is 1. The van der Waals surface area contributed by atoms with Crippen LogP contribution in [0, 0.1) is 0 Å². The fraction of sp³-hybridized carbons (Fsp3) is 0.200. The smallest absolute Gasteiger partial charge is 0.152 e. The lowest BCUT2D eigenvalue weighted by Crippen LogP contribution is -1.98. The molecule has 0 bridgehead atoms. The Hall–Kier alpha value is -1.36. The van der Waals surface area contributed by atoms with Crippen molar-refractivity contribution in [2.45, 2.75) is 6.61 Å². The van der Waals surface area contributed by atoms with E-state index in [0.717, 1.165) is 11.4 Å². The normalized spacial score (nSPS) is 10.3. The molecule has 78 valence electrons. The Bertz CT molecular complexity index is 455. The third kappa shape index (κ3) is 2.56. The van der Waals surface area contributed by atoms with Gasteiger partial charge in [-0.05, 0) is 34.1 Å². The monoisotopic (exact) mass is 267 g/mol. The molecule has 0 atom stereocenters. The largest absolute Gasteiger partial charge is 0.484 e. The fourth-order valence-corrected chi connectivity index (χ4v) is 1.54. The number of rotatable bonds is 3. The molecule has 4 nitrogen and oxygen atoms in total. The molecule has 5 heteroatoms. The van der Waals surface area contributed by atoms with Crippen molar-refractivity contribution in [2.24, 2.45) is 7.05 Å². The average Bonchev–Trinajstić information content (AvgIpc) is 2.63. The zero-order chi connectivity index (χ0) is 10.7. The molecule has 0 spiro atoms. The summed E-state index contributed by atoms with van der Waals surface area (Å²) in [4.78, 5) is 4.06. The Labute approximate surface area is 96.0 Å². The van der Waals surface area contributed by atoms with E-state index < -0.39 is 0 Å². The van der Waals surface area contributed by atoms with Crippen LogP contribution in [0.3, 0.4) is 0 Å². The predicted molar refractivity (Wildman–Crippen MR) is 59.5 cm³/mol. The zero-order valence-corrected chi connectivity index (χ0v) is 9.81. The average molecular weight is 268 g/mol. The molecule has 2 aromatic rings. The second-order valence-corrected chi connectivity index (χ2v) is 3.81. The zero-order valence-electron chi connectivity index (χ0n) is 8.22. The van der Waals surface area contributed by atoms with Crippen molar-refractivity contribution < 1.29 is 4.74 Å². The molecule has 2 heterocycles. The van der Waals surface area contributed by atoms with Gasteiger partial charge in [-0.3, -0.25) is 4.68 Å². The van der Waals surface area contributed by atoms with Crippen molar-refractivity contribution >= 4 is 15.9 Å². The van der Waals surface area contributed by atoms with Gasteiger partial charge in [0, 0.05) is 19.4 Å². The van der Waals surface area contributed by atoms with Crippen LogP contribution < -0.4 is 4.74 Å². The molecular formula is C10H10BrN3O. The first-order chi connectivity index (χ1) is 7.25. The van der Waals surface area contributed by atoms with Gasteiger partial charge in [0.25, 0.3) is 0 Å². The molecule has 0 aromatic carbocycles. The second kappa shape index (κ2) is 4.44. The van der Waals surface area contributed by atoms with Gasteiger partial charge in [0.15, 0.2) is 5.75 Å². The van der Waals surface area contributed by atoms with Crippen LogP contribution in [0.2, 0.25) is 0 Å². The lowest BCUT2D eigenvalue weighted by molar-refractivity contribution is 0.296. The third-order valence-electron chi connectivity index (χ3n) is 1.87. The summed E-state index contributed by atoms with van der Waals surface area (Å²) in [6.45, 7) is 0.450. The van der Waals surface area contributed by atoms with Crippen LogP contribution in [0.1, 0.15) is 5.69 Å². The molecule has 0 radical (unpaired) electrons. The van der Waals surface area contributed by atoms with E-state index in [2.05, 4.69) is 26.0 Å². The molecular weight excluding hydrogens is 258 g/mol. The quantitative estimate of drug-likeness (QED) is 0.801. The van der Waals surface area contributed by atoms with Crippen LogP contribution in [-0.4, -0.2) is 14.8 Å². The maximum absolute atomic E-state index is 5.55. The van der Waals surface area contributed by atoms with Gasteiger partial charge in [-0.25, -0.2) is 4.98 Å². The minimum atomic E-state index is 0.450. The molecule has 0 unspecified atom stereocenters. The number of pyridine rings is 1. The van der Waals surface area contributed by atoms with E-state index in [1.807, 2.05) is 31.4 Å². The molecule has 0 aliphatic heterocycles. The summed E-state index contributed by atoms with van der Waals surface area (Å²) < 4.78 is 8.01. The molecule has 0 saturated carbocycles. The maximum atomic E-state index is 5.55. The van der Waals surface area contributed by atoms with Crippen LogP contribution in [0.4, 0.5) is 0 Å². The summed E-state index contributed by atoms with van der Waals surface area (Å²) >= 11 is 3.31. The Kier molecular flexibility index (Phi) is 3.01. The third-order valence-corrected chi connectivity index (χ3v) is 2.46. The molecule has 0 amide bonds. The topological polar surface area (TPSA) is 39.9 Å². The standard InChI is InChI=1S/C10H10BrN3O/c1-14-6-4-8(13-14)7-15-9-3-2-5-12-10(9)11/h2-6H,7H2,1H3. The highest BCUT2D eigenvalue weighted by molar-refractivity contribution is 9.10. The number of hydrogen-bond acceptors (Lipinski definition) is 3. The van der Waals surface area contributed by atoms with Gasteiger partial charge in [0.1, 0.15) is 11.2 Å². The van der Waals surface area contributed by atoms with Crippen molar-refractivity contribution in [3.63, 3.8) is 0 Å². The van der Waals surface area contributed by atoms with Crippen molar-refractivity contribution in [1.82, 2.24) is 14.8 Å². The summed E-state index contributed by atoms with van der Waals surface area (Å²) in [5, 5.41) is 4.21. The number of halogens is 1. The molecule has 2 aromatic heterocycles. The van der Waals surface area contributed by atoms with E-state index in [9.17, 15) is 0 Å². The van der Waals surface area contributed by atoms with Crippen LogP contribution in [0.15, 0.2) is 35.2 Å². The lowest BCUT2D eigenvalue weighted by Gasteiger charge is -2.04. The van der Waals surface area contributed by atoms with Crippen molar-refractivity contribution in [3.8, 4) is 5.75 Å². The van der Waals surface area contributed by atoms with Crippen LogP contribution in [0.5, 0.6) is 5.75 Å². The van der Waals surface area contributed by atoms with E-state index in [1.54, 1.807) is 10.9 Å². The Morgan fingerprint density at radius 1 is 1.47 bits per heavy atom. The van der Waals surface area contributed by atoms with E-state index in [-0.39, 0.29) is 0 Å². The molecule has 0 aliphatic carbocycles. The van der Waals surface area contributed by atoms with Gasteiger partial charge in [0.05, 0.1) is 5.69 Å². The van der Waals surface area contributed by atoms with Gasteiger partial charge >= 0.3 is 0 Å². The van der Waals surface area contributed by atoms with E-state index >= 15 is 0 Å². The predicted octanol–water partition coefficient (Wildman–Crippen LogP) is 2.16. The number of aromatic nitrogens is 3. The van der Waals surface area contributed by atoms with E-state index in [4.69, 9.17) is 4.74 Å². The SMILES string of the molecule is Cn1ccc(COc2cccnc2Br)n1. The highest BCUT2D eigenvalue weighted by atomic mass is 79.9. The highest BCUT2D eigenvalue weighted by Crippen LogP contribution is 2.21. The van der Waals surface area contributed by atoms with E-state index in [0.29, 0.717) is 11.2 Å². The number of aryl methyl sites for hydroxylation is 1. The molecule has 0 N–H and O–H groups in total. The molecule has 0 fully saturated rings. The Balaban J connectivity index is 2.02. The molecule has 2 rings (SSSR count). The van der Waals surface area contributed by atoms with Gasteiger partial charge in [-0.15, -0.1) is 0 Å².